The lowest BCUT2D eigenvalue weighted by atomic mass is 10.1. The van der Waals surface area contributed by atoms with Gasteiger partial charge in [0.25, 0.3) is 0 Å². The number of ether oxygens (including phenoxy) is 2. The molecule has 5 nitrogen and oxygen atoms in total. The molecule has 1 rings (SSSR count). The van der Waals surface area contributed by atoms with Crippen LogP contribution in [0.3, 0.4) is 0 Å². The fourth-order valence-corrected chi connectivity index (χ4v) is 2.82. The van der Waals surface area contributed by atoms with E-state index in [1.165, 1.54) is 44.9 Å². The topological polar surface area (TPSA) is 79.2 Å². The predicted octanol–water partition coefficient (Wildman–Crippen LogP) is 2.57. The van der Waals surface area contributed by atoms with E-state index in [2.05, 4.69) is 19.1 Å². The molecule has 4 atom stereocenters. The standard InChI is InChI=1S/C19H36O5/c1-2-3-4-5-6-7-8-9-10-11-12-13-23-14-17(21)19-18(22)16(20)15-24-19/h5-6,16-22H,2-4,7-15H2,1H3/b6-5+/t16-,17+,18-,19-/m0/s1. The summed E-state index contributed by atoms with van der Waals surface area (Å²) in [5.41, 5.74) is 0. The molecule has 0 unspecified atom stereocenters. The monoisotopic (exact) mass is 344 g/mol. The predicted molar refractivity (Wildman–Crippen MR) is 94.9 cm³/mol. The highest BCUT2D eigenvalue weighted by molar-refractivity contribution is 4.87. The lowest BCUT2D eigenvalue weighted by molar-refractivity contribution is -0.0813. The van der Waals surface area contributed by atoms with E-state index in [1.807, 2.05) is 0 Å². The summed E-state index contributed by atoms with van der Waals surface area (Å²) in [5, 5.41) is 28.9. The molecular weight excluding hydrogens is 308 g/mol. The van der Waals surface area contributed by atoms with Gasteiger partial charge in [-0.3, -0.25) is 0 Å². The Labute approximate surface area is 146 Å². The lowest BCUT2D eigenvalue weighted by Crippen LogP contribution is -2.40. The first-order chi connectivity index (χ1) is 11.7. The molecule has 0 aromatic rings. The van der Waals surface area contributed by atoms with Crippen LogP contribution in [0.2, 0.25) is 0 Å². The SMILES string of the molecule is CCCC/C=C/CCCCCCCOC[C@@H](O)[C@@H]1OC[C@H](O)[C@@H]1O. The van der Waals surface area contributed by atoms with Crippen LogP contribution in [-0.4, -0.2) is 59.6 Å². The van der Waals surface area contributed by atoms with Crippen LogP contribution in [0.15, 0.2) is 12.2 Å². The van der Waals surface area contributed by atoms with E-state index >= 15 is 0 Å². The smallest absolute Gasteiger partial charge is 0.114 e. The Balaban J connectivity index is 1.86. The number of rotatable bonds is 14. The largest absolute Gasteiger partial charge is 0.388 e. The number of allylic oxidation sites excluding steroid dienone is 2. The number of aliphatic hydroxyl groups excluding tert-OH is 3. The van der Waals surface area contributed by atoms with Crippen molar-refractivity contribution in [3.63, 3.8) is 0 Å². The Kier molecular flexibility index (Phi) is 12.4. The molecule has 0 saturated carbocycles. The molecule has 1 saturated heterocycles. The Morgan fingerprint density at radius 1 is 1.04 bits per heavy atom. The molecule has 1 fully saturated rings. The van der Waals surface area contributed by atoms with Gasteiger partial charge in [0.15, 0.2) is 0 Å². The van der Waals surface area contributed by atoms with Gasteiger partial charge in [-0.1, -0.05) is 51.2 Å². The van der Waals surface area contributed by atoms with Gasteiger partial charge in [-0.05, 0) is 25.7 Å². The van der Waals surface area contributed by atoms with E-state index in [0.29, 0.717) is 6.61 Å². The summed E-state index contributed by atoms with van der Waals surface area (Å²) in [5.74, 6) is 0. The van der Waals surface area contributed by atoms with Crippen molar-refractivity contribution in [1.29, 1.82) is 0 Å². The molecule has 0 bridgehead atoms. The minimum Gasteiger partial charge on any atom is -0.388 e. The molecule has 0 aromatic carbocycles. The van der Waals surface area contributed by atoms with E-state index in [1.54, 1.807) is 0 Å². The van der Waals surface area contributed by atoms with Crippen LogP contribution in [0.25, 0.3) is 0 Å². The van der Waals surface area contributed by atoms with Gasteiger partial charge in [0.2, 0.25) is 0 Å². The second kappa shape index (κ2) is 13.8. The third-order valence-electron chi connectivity index (χ3n) is 4.41. The zero-order valence-electron chi connectivity index (χ0n) is 15.1. The van der Waals surface area contributed by atoms with Gasteiger partial charge in [-0.2, -0.15) is 0 Å². The van der Waals surface area contributed by atoms with Crippen LogP contribution < -0.4 is 0 Å². The highest BCUT2D eigenvalue weighted by Gasteiger charge is 2.39. The zero-order chi connectivity index (χ0) is 17.6. The Hall–Kier alpha value is -0.460. The molecule has 0 radical (unpaired) electrons. The molecule has 1 heterocycles. The third kappa shape index (κ3) is 9.14. The van der Waals surface area contributed by atoms with Gasteiger partial charge in [0, 0.05) is 6.61 Å². The van der Waals surface area contributed by atoms with Crippen molar-refractivity contribution < 1.29 is 24.8 Å². The van der Waals surface area contributed by atoms with Gasteiger partial charge in [0.1, 0.15) is 24.4 Å². The normalized spacial score (nSPS) is 25.6. The highest BCUT2D eigenvalue weighted by Crippen LogP contribution is 2.17. The van der Waals surface area contributed by atoms with Gasteiger partial charge >= 0.3 is 0 Å². The first-order valence-corrected chi connectivity index (χ1v) is 9.55. The molecule has 0 spiro atoms. The second-order valence-electron chi connectivity index (χ2n) is 6.67. The van der Waals surface area contributed by atoms with Crippen molar-refractivity contribution in [2.45, 2.75) is 89.1 Å². The number of hydrogen-bond donors (Lipinski definition) is 3. The van der Waals surface area contributed by atoms with Crippen LogP contribution in [-0.2, 0) is 9.47 Å². The van der Waals surface area contributed by atoms with Crippen molar-refractivity contribution in [3.8, 4) is 0 Å². The van der Waals surface area contributed by atoms with Gasteiger partial charge in [-0.15, -0.1) is 0 Å². The maximum Gasteiger partial charge on any atom is 0.114 e. The van der Waals surface area contributed by atoms with Crippen LogP contribution in [0.4, 0.5) is 0 Å². The highest BCUT2D eigenvalue weighted by atomic mass is 16.5. The maximum atomic E-state index is 9.89. The Bertz CT molecular complexity index is 321. The van der Waals surface area contributed by atoms with Gasteiger partial charge in [-0.25, -0.2) is 0 Å². The molecule has 1 aliphatic heterocycles. The van der Waals surface area contributed by atoms with Crippen LogP contribution in [0.1, 0.15) is 64.7 Å². The van der Waals surface area contributed by atoms with E-state index in [-0.39, 0.29) is 13.2 Å². The minimum atomic E-state index is -1.03. The number of unbranched alkanes of at least 4 members (excludes halogenated alkanes) is 7. The summed E-state index contributed by atoms with van der Waals surface area (Å²) in [7, 11) is 0. The Morgan fingerprint density at radius 2 is 1.71 bits per heavy atom. The molecule has 142 valence electrons. The fraction of sp³-hybridized carbons (Fsp3) is 0.895. The first-order valence-electron chi connectivity index (χ1n) is 9.55. The van der Waals surface area contributed by atoms with Crippen molar-refractivity contribution >= 4 is 0 Å². The average molecular weight is 344 g/mol. The minimum absolute atomic E-state index is 0.0662. The summed E-state index contributed by atoms with van der Waals surface area (Å²) in [6.45, 7) is 3.03. The van der Waals surface area contributed by atoms with Gasteiger partial charge < -0.3 is 24.8 Å². The molecule has 5 heteroatoms. The molecule has 3 N–H and O–H groups in total. The lowest BCUT2D eigenvalue weighted by Gasteiger charge is -2.20. The summed E-state index contributed by atoms with van der Waals surface area (Å²) < 4.78 is 10.6. The Morgan fingerprint density at radius 3 is 2.38 bits per heavy atom. The van der Waals surface area contributed by atoms with Crippen molar-refractivity contribution in [1.82, 2.24) is 0 Å². The van der Waals surface area contributed by atoms with Gasteiger partial charge in [0.05, 0.1) is 13.2 Å². The average Bonchev–Trinajstić information content (AvgIpc) is 2.91. The van der Waals surface area contributed by atoms with Crippen LogP contribution in [0.5, 0.6) is 0 Å². The summed E-state index contributed by atoms with van der Waals surface area (Å²) >= 11 is 0. The van der Waals surface area contributed by atoms with Crippen LogP contribution >= 0.6 is 0 Å². The van der Waals surface area contributed by atoms with E-state index < -0.39 is 24.4 Å². The van der Waals surface area contributed by atoms with E-state index in [0.717, 1.165) is 12.8 Å². The van der Waals surface area contributed by atoms with Crippen molar-refractivity contribution in [2.24, 2.45) is 0 Å². The molecule has 24 heavy (non-hydrogen) atoms. The third-order valence-corrected chi connectivity index (χ3v) is 4.41. The van der Waals surface area contributed by atoms with Crippen molar-refractivity contribution in [3.05, 3.63) is 12.2 Å². The zero-order valence-corrected chi connectivity index (χ0v) is 15.1. The number of aliphatic hydroxyl groups is 3. The maximum absolute atomic E-state index is 9.89. The van der Waals surface area contributed by atoms with E-state index in [9.17, 15) is 15.3 Å². The fourth-order valence-electron chi connectivity index (χ4n) is 2.82. The second-order valence-corrected chi connectivity index (χ2v) is 6.67. The molecule has 1 aliphatic rings. The van der Waals surface area contributed by atoms with Crippen molar-refractivity contribution in [2.75, 3.05) is 19.8 Å². The number of hydrogen-bond acceptors (Lipinski definition) is 5. The van der Waals surface area contributed by atoms with Crippen LogP contribution in [0, 0.1) is 0 Å². The first kappa shape index (κ1) is 21.6. The summed E-state index contributed by atoms with van der Waals surface area (Å²) in [6.07, 6.45) is 11.8. The molecule has 0 aromatic heterocycles. The molecule has 0 aliphatic carbocycles. The molecule has 0 amide bonds. The molecular formula is C19H36O5. The quantitative estimate of drug-likeness (QED) is 0.333. The summed E-state index contributed by atoms with van der Waals surface area (Å²) in [4.78, 5) is 0. The summed E-state index contributed by atoms with van der Waals surface area (Å²) in [6, 6.07) is 0. The van der Waals surface area contributed by atoms with E-state index in [4.69, 9.17) is 9.47 Å².